The number of ether oxygens (including phenoxy) is 2. The van der Waals surface area contributed by atoms with Crippen molar-refractivity contribution in [1.82, 2.24) is 14.9 Å². The van der Waals surface area contributed by atoms with E-state index >= 15 is 0 Å². The van der Waals surface area contributed by atoms with Crippen molar-refractivity contribution in [3.63, 3.8) is 0 Å². The second-order valence-electron chi connectivity index (χ2n) is 4.66. The number of anilines is 1. The minimum atomic E-state index is -0.238. The summed E-state index contributed by atoms with van der Waals surface area (Å²) in [7, 11) is 1.56. The van der Waals surface area contributed by atoms with Gasteiger partial charge in [-0.3, -0.25) is 0 Å². The first-order chi connectivity index (χ1) is 10.1. The van der Waals surface area contributed by atoms with Gasteiger partial charge in [0.05, 0.1) is 24.4 Å². The molecule has 1 amide bonds. The largest absolute Gasteiger partial charge is 0.480 e. The van der Waals surface area contributed by atoms with Crippen LogP contribution in [0.1, 0.15) is 19.8 Å². The topological polar surface area (TPSA) is 76.6 Å². The van der Waals surface area contributed by atoms with Crippen LogP contribution < -0.4 is 10.1 Å². The Balaban J connectivity index is 1.87. The zero-order chi connectivity index (χ0) is 15.2. The molecule has 8 heteroatoms. The van der Waals surface area contributed by atoms with Crippen molar-refractivity contribution in [3.8, 4) is 5.88 Å². The van der Waals surface area contributed by atoms with Gasteiger partial charge in [-0.1, -0.05) is 0 Å². The average molecular weight is 359 g/mol. The summed E-state index contributed by atoms with van der Waals surface area (Å²) in [5, 5.41) is 3.27. The van der Waals surface area contributed by atoms with Crippen LogP contribution in [0.3, 0.4) is 0 Å². The molecule has 2 rings (SSSR count). The fraction of sp³-hybridized carbons (Fsp3) is 0.615. The Morgan fingerprint density at radius 2 is 2.24 bits per heavy atom. The third-order valence-electron chi connectivity index (χ3n) is 3.26. The number of piperidine rings is 1. The van der Waals surface area contributed by atoms with Gasteiger partial charge in [0.2, 0.25) is 11.8 Å². The number of aromatic nitrogens is 2. The van der Waals surface area contributed by atoms with E-state index in [1.54, 1.807) is 18.2 Å². The molecule has 0 spiro atoms. The number of carbonyl (C=O) groups excluding carboxylic acids is 1. The molecule has 116 valence electrons. The lowest BCUT2D eigenvalue weighted by Gasteiger charge is -2.31. The predicted molar refractivity (Wildman–Crippen MR) is 81.5 cm³/mol. The number of hydrogen-bond acceptors (Lipinski definition) is 6. The zero-order valence-electron chi connectivity index (χ0n) is 12.1. The second-order valence-corrected chi connectivity index (χ2v) is 5.51. The van der Waals surface area contributed by atoms with Gasteiger partial charge in [-0.05, 0) is 35.7 Å². The molecular weight excluding hydrogens is 340 g/mol. The molecule has 0 unspecified atom stereocenters. The number of halogens is 1. The van der Waals surface area contributed by atoms with Crippen LogP contribution in [0.15, 0.2) is 10.7 Å². The Labute approximate surface area is 132 Å². The molecule has 1 aromatic heterocycles. The van der Waals surface area contributed by atoms with E-state index in [1.807, 2.05) is 6.92 Å². The van der Waals surface area contributed by atoms with Gasteiger partial charge < -0.3 is 19.7 Å². The molecule has 0 atom stereocenters. The number of amides is 1. The highest BCUT2D eigenvalue weighted by molar-refractivity contribution is 9.10. The molecule has 0 bridgehead atoms. The maximum absolute atomic E-state index is 11.6. The molecular formula is C13H19BrN4O3. The monoisotopic (exact) mass is 358 g/mol. The number of methoxy groups -OCH3 is 1. The van der Waals surface area contributed by atoms with E-state index in [0.29, 0.717) is 36.0 Å². The first-order valence-electron chi connectivity index (χ1n) is 6.88. The van der Waals surface area contributed by atoms with Crippen LogP contribution >= 0.6 is 15.9 Å². The molecule has 21 heavy (non-hydrogen) atoms. The summed E-state index contributed by atoms with van der Waals surface area (Å²) in [5.41, 5.74) is 0. The Bertz CT molecular complexity index is 492. The number of nitrogens with one attached hydrogen (secondary N) is 1. The number of carbonyl (C=O) groups is 1. The van der Waals surface area contributed by atoms with Gasteiger partial charge >= 0.3 is 6.09 Å². The van der Waals surface area contributed by atoms with E-state index in [4.69, 9.17) is 9.47 Å². The van der Waals surface area contributed by atoms with Crippen molar-refractivity contribution < 1.29 is 14.3 Å². The highest BCUT2D eigenvalue weighted by Crippen LogP contribution is 2.23. The summed E-state index contributed by atoms with van der Waals surface area (Å²) in [6.45, 7) is 3.56. The van der Waals surface area contributed by atoms with Crippen LogP contribution in [-0.4, -0.2) is 53.8 Å². The number of rotatable bonds is 4. The van der Waals surface area contributed by atoms with E-state index in [-0.39, 0.29) is 12.1 Å². The minimum Gasteiger partial charge on any atom is -0.480 e. The van der Waals surface area contributed by atoms with Gasteiger partial charge in [0.1, 0.15) is 0 Å². The molecule has 1 aromatic rings. The maximum atomic E-state index is 11.6. The Morgan fingerprint density at radius 1 is 1.52 bits per heavy atom. The molecule has 1 aliphatic rings. The SMILES string of the molecule is CCOC(=O)N1CCC(Nc2ncc(Br)c(OC)n2)CC1. The minimum absolute atomic E-state index is 0.238. The highest BCUT2D eigenvalue weighted by atomic mass is 79.9. The Hall–Kier alpha value is -1.57. The number of likely N-dealkylation sites (tertiary alicyclic amines) is 1. The fourth-order valence-corrected chi connectivity index (χ4v) is 2.52. The first-order valence-corrected chi connectivity index (χ1v) is 7.68. The van der Waals surface area contributed by atoms with E-state index in [1.165, 1.54) is 0 Å². The lowest BCUT2D eigenvalue weighted by molar-refractivity contribution is 0.0983. The third-order valence-corrected chi connectivity index (χ3v) is 3.80. The van der Waals surface area contributed by atoms with Crippen molar-refractivity contribution in [2.45, 2.75) is 25.8 Å². The molecule has 1 N–H and O–H groups in total. The summed E-state index contributed by atoms with van der Waals surface area (Å²) < 4.78 is 10.9. The van der Waals surface area contributed by atoms with Crippen molar-refractivity contribution in [1.29, 1.82) is 0 Å². The van der Waals surface area contributed by atoms with Crippen molar-refractivity contribution >= 4 is 28.0 Å². The number of nitrogens with zero attached hydrogens (tertiary/aromatic N) is 3. The zero-order valence-corrected chi connectivity index (χ0v) is 13.7. The lowest BCUT2D eigenvalue weighted by atomic mass is 10.1. The van der Waals surface area contributed by atoms with Gasteiger partial charge in [-0.25, -0.2) is 9.78 Å². The first kappa shape index (κ1) is 15.8. The summed E-state index contributed by atoms with van der Waals surface area (Å²) >= 11 is 3.32. The van der Waals surface area contributed by atoms with Crippen molar-refractivity contribution in [2.24, 2.45) is 0 Å². The average Bonchev–Trinajstić information content (AvgIpc) is 2.50. The molecule has 1 saturated heterocycles. The van der Waals surface area contributed by atoms with Crippen molar-refractivity contribution in [2.75, 3.05) is 32.1 Å². The van der Waals surface area contributed by atoms with Crippen molar-refractivity contribution in [3.05, 3.63) is 10.7 Å². The van der Waals surface area contributed by atoms with Crippen LogP contribution in [0.25, 0.3) is 0 Å². The summed E-state index contributed by atoms with van der Waals surface area (Å²) in [6.07, 6.45) is 3.08. The Morgan fingerprint density at radius 3 is 2.86 bits per heavy atom. The molecule has 7 nitrogen and oxygen atoms in total. The normalized spacial score (nSPS) is 15.7. The van der Waals surface area contributed by atoms with Crippen LogP contribution in [-0.2, 0) is 4.74 Å². The van der Waals surface area contributed by atoms with Crippen LogP contribution in [0.2, 0.25) is 0 Å². The fourth-order valence-electron chi connectivity index (χ4n) is 2.17. The Kier molecular flexibility index (Phi) is 5.60. The lowest BCUT2D eigenvalue weighted by Crippen LogP contribution is -2.42. The summed E-state index contributed by atoms with van der Waals surface area (Å²) in [6, 6.07) is 0.238. The number of hydrogen-bond donors (Lipinski definition) is 1. The summed E-state index contributed by atoms with van der Waals surface area (Å²) in [5.74, 6) is 1.03. The molecule has 2 heterocycles. The van der Waals surface area contributed by atoms with Crippen LogP contribution in [0, 0.1) is 0 Å². The molecule has 0 radical (unpaired) electrons. The van der Waals surface area contributed by atoms with Gasteiger partial charge in [-0.15, -0.1) is 0 Å². The highest BCUT2D eigenvalue weighted by Gasteiger charge is 2.24. The molecule has 1 aliphatic heterocycles. The molecule has 0 saturated carbocycles. The standard InChI is InChI=1S/C13H19BrN4O3/c1-3-21-13(19)18-6-4-9(5-7-18)16-12-15-8-10(14)11(17-12)20-2/h8-9H,3-7H2,1-2H3,(H,15,16,17). The predicted octanol–water partition coefficient (Wildman–Crippen LogP) is 2.28. The van der Waals surface area contributed by atoms with E-state index < -0.39 is 0 Å². The summed E-state index contributed by atoms with van der Waals surface area (Å²) in [4.78, 5) is 21.8. The van der Waals surface area contributed by atoms with Gasteiger partial charge in [0, 0.05) is 19.1 Å². The molecule has 0 aliphatic carbocycles. The second kappa shape index (κ2) is 7.44. The van der Waals surface area contributed by atoms with E-state index in [0.717, 1.165) is 12.8 Å². The van der Waals surface area contributed by atoms with Crippen LogP contribution in [0.5, 0.6) is 5.88 Å². The van der Waals surface area contributed by atoms with Gasteiger partial charge in [0.25, 0.3) is 0 Å². The van der Waals surface area contributed by atoms with E-state index in [9.17, 15) is 4.79 Å². The molecule has 0 aromatic carbocycles. The smallest absolute Gasteiger partial charge is 0.409 e. The van der Waals surface area contributed by atoms with E-state index in [2.05, 4.69) is 31.2 Å². The van der Waals surface area contributed by atoms with Gasteiger partial charge in [-0.2, -0.15) is 4.98 Å². The van der Waals surface area contributed by atoms with Crippen LogP contribution in [0.4, 0.5) is 10.7 Å². The van der Waals surface area contributed by atoms with Gasteiger partial charge in [0.15, 0.2) is 0 Å². The molecule has 1 fully saturated rings. The quantitative estimate of drug-likeness (QED) is 0.889. The maximum Gasteiger partial charge on any atom is 0.409 e. The third kappa shape index (κ3) is 4.20.